The third-order valence-electron chi connectivity index (χ3n) is 11.5. The summed E-state index contributed by atoms with van der Waals surface area (Å²) in [4.78, 5) is 7.66. The molecule has 1 aromatic heterocycles. The van der Waals surface area contributed by atoms with Gasteiger partial charge < -0.3 is 4.90 Å². The van der Waals surface area contributed by atoms with Crippen molar-refractivity contribution in [3.05, 3.63) is 235 Å². The van der Waals surface area contributed by atoms with Gasteiger partial charge in [0, 0.05) is 16.8 Å². The highest BCUT2D eigenvalue weighted by Crippen LogP contribution is 2.57. The van der Waals surface area contributed by atoms with Gasteiger partial charge in [-0.25, -0.2) is 4.98 Å². The molecule has 0 saturated carbocycles. The maximum atomic E-state index is 5.25. The van der Waals surface area contributed by atoms with Crippen LogP contribution in [0.4, 0.5) is 17.1 Å². The zero-order valence-electron chi connectivity index (χ0n) is 31.0. The third-order valence-corrected chi connectivity index (χ3v) is 12.3. The van der Waals surface area contributed by atoms with Crippen LogP contribution in [0, 0.1) is 0 Å². The van der Waals surface area contributed by atoms with Crippen LogP contribution < -0.4 is 4.90 Å². The van der Waals surface area contributed by atoms with Crippen LogP contribution in [0.5, 0.6) is 0 Å². The first-order valence-electron chi connectivity index (χ1n) is 19.3. The van der Waals surface area contributed by atoms with Gasteiger partial charge in [0.15, 0.2) is 5.82 Å². The van der Waals surface area contributed by atoms with Crippen LogP contribution in [0.2, 0.25) is 0 Å². The molecule has 0 N–H and O–H groups in total. The number of hydrogen-bond acceptors (Lipinski definition) is 4. The molecular formula is C53H35N3S. The van der Waals surface area contributed by atoms with Gasteiger partial charge in [0.2, 0.25) is 0 Å². The Morgan fingerprint density at radius 3 is 1.35 bits per heavy atom. The number of hydrogen-bond donors (Lipinski definition) is 0. The Balaban J connectivity index is 1.03. The molecule has 0 fully saturated rings. The maximum Gasteiger partial charge on any atom is 0.174 e. The summed E-state index contributed by atoms with van der Waals surface area (Å²) in [7, 11) is 0. The monoisotopic (exact) mass is 745 g/mol. The lowest BCUT2D eigenvalue weighted by Crippen LogP contribution is -2.37. The molecule has 0 saturated heterocycles. The average molecular weight is 746 g/mol. The molecule has 1 aliphatic heterocycles. The Hall–Kier alpha value is -7.14. The van der Waals surface area contributed by atoms with E-state index in [1.807, 2.05) is 0 Å². The van der Waals surface area contributed by atoms with Gasteiger partial charge in [-0.3, -0.25) is 0 Å². The molecule has 268 valence electrons. The molecular weight excluding hydrogens is 711 g/mol. The van der Waals surface area contributed by atoms with E-state index in [0.29, 0.717) is 0 Å². The average Bonchev–Trinajstić information content (AvgIpc) is 3.78. The minimum absolute atomic E-state index is 0.497. The van der Waals surface area contributed by atoms with Crippen molar-refractivity contribution in [3.8, 4) is 33.1 Å². The van der Waals surface area contributed by atoms with Gasteiger partial charge in [0.25, 0.3) is 0 Å². The van der Waals surface area contributed by atoms with Crippen LogP contribution in [0.25, 0.3) is 54.6 Å². The van der Waals surface area contributed by atoms with E-state index in [2.05, 4.69) is 217 Å². The smallest absolute Gasteiger partial charge is 0.174 e. The predicted molar refractivity (Wildman–Crippen MR) is 238 cm³/mol. The molecule has 3 nitrogen and oxygen atoms in total. The lowest BCUT2D eigenvalue weighted by molar-refractivity contribution is 0.731. The summed E-state index contributed by atoms with van der Waals surface area (Å²) in [6.07, 6.45) is 0. The van der Waals surface area contributed by atoms with Gasteiger partial charge in [0.1, 0.15) is 5.01 Å². The molecule has 57 heavy (non-hydrogen) atoms. The van der Waals surface area contributed by atoms with E-state index in [9.17, 15) is 0 Å². The summed E-state index contributed by atoms with van der Waals surface area (Å²) in [5.74, 6) is 0.753. The topological polar surface area (TPSA) is 29.0 Å². The standard InChI is InChI=1S/C53H35N3S/c1-4-18-36(19-5-1)49-41-24-10-12-26-43(41)50(44-27-13-11-25-42(44)49)51-54-52(57-55-51)37-32-34-40(35-33-37)56-47-30-16-14-28-45(47)53(38-20-6-2-7-21-38,39-22-8-3-9-23-39)46-29-15-17-31-48(46)56/h1-35H. The van der Waals surface area contributed by atoms with Crippen LogP contribution >= 0.6 is 11.5 Å². The van der Waals surface area contributed by atoms with Crippen molar-refractivity contribution in [3.63, 3.8) is 0 Å². The minimum atomic E-state index is -0.497. The molecule has 11 rings (SSSR count). The number of nitrogens with zero attached hydrogens (tertiary/aromatic N) is 3. The lowest BCUT2D eigenvalue weighted by atomic mass is 9.62. The molecule has 0 radical (unpaired) electrons. The number of aromatic nitrogens is 2. The second-order valence-electron chi connectivity index (χ2n) is 14.5. The van der Waals surface area contributed by atoms with E-state index >= 15 is 0 Å². The van der Waals surface area contributed by atoms with Crippen molar-refractivity contribution in [1.29, 1.82) is 0 Å². The largest absolute Gasteiger partial charge is 0.310 e. The molecule has 1 aliphatic rings. The minimum Gasteiger partial charge on any atom is -0.310 e. The van der Waals surface area contributed by atoms with Gasteiger partial charge in [-0.2, -0.15) is 4.37 Å². The Morgan fingerprint density at radius 2 is 0.825 bits per heavy atom. The highest BCUT2D eigenvalue weighted by Gasteiger charge is 2.46. The van der Waals surface area contributed by atoms with E-state index in [1.165, 1.54) is 55.7 Å². The summed E-state index contributed by atoms with van der Waals surface area (Å²) in [5.41, 5.74) is 12.4. The molecule has 0 amide bonds. The SMILES string of the molecule is c1ccc(-c2c3ccccc3c(-c3nsc(-c4ccc(N5c6ccccc6C(c6ccccc6)(c6ccccc6)c6ccccc65)cc4)n3)c3ccccc23)cc1. The Bertz CT molecular complexity index is 2920. The van der Waals surface area contributed by atoms with Gasteiger partial charge in [0.05, 0.1) is 16.8 Å². The van der Waals surface area contributed by atoms with E-state index in [4.69, 9.17) is 9.36 Å². The van der Waals surface area contributed by atoms with Crippen molar-refractivity contribution in [2.75, 3.05) is 4.90 Å². The number of rotatable bonds is 6. The van der Waals surface area contributed by atoms with Gasteiger partial charge in [-0.15, -0.1) is 0 Å². The Kier molecular flexibility index (Phi) is 7.90. The van der Waals surface area contributed by atoms with Crippen LogP contribution in [0.15, 0.2) is 212 Å². The van der Waals surface area contributed by atoms with Gasteiger partial charge >= 0.3 is 0 Å². The van der Waals surface area contributed by atoms with Crippen LogP contribution in [-0.2, 0) is 5.41 Å². The quantitative estimate of drug-likeness (QED) is 0.159. The van der Waals surface area contributed by atoms with Crippen molar-refractivity contribution in [1.82, 2.24) is 9.36 Å². The van der Waals surface area contributed by atoms with Gasteiger partial charge in [-0.05, 0) is 103 Å². The highest BCUT2D eigenvalue weighted by molar-refractivity contribution is 7.09. The summed E-state index contributed by atoms with van der Waals surface area (Å²) >= 11 is 1.45. The zero-order valence-corrected chi connectivity index (χ0v) is 31.8. The predicted octanol–water partition coefficient (Wildman–Crippen LogP) is 14.0. The van der Waals surface area contributed by atoms with Crippen molar-refractivity contribution < 1.29 is 0 Å². The first-order chi connectivity index (χ1) is 28.3. The summed E-state index contributed by atoms with van der Waals surface area (Å²) in [5, 5.41) is 5.59. The highest BCUT2D eigenvalue weighted by atomic mass is 32.1. The Labute approximate surface area is 336 Å². The molecule has 0 spiro atoms. The van der Waals surface area contributed by atoms with Crippen LogP contribution in [0.3, 0.4) is 0 Å². The van der Waals surface area contributed by atoms with Crippen molar-refractivity contribution >= 4 is 50.1 Å². The fraction of sp³-hybridized carbons (Fsp3) is 0.0189. The lowest BCUT2D eigenvalue weighted by Gasteiger charge is -2.46. The Morgan fingerprint density at radius 1 is 0.386 bits per heavy atom. The second kappa shape index (κ2) is 13.6. The second-order valence-corrected chi connectivity index (χ2v) is 15.3. The van der Waals surface area contributed by atoms with Crippen molar-refractivity contribution in [2.24, 2.45) is 0 Å². The fourth-order valence-corrected chi connectivity index (χ4v) is 9.84. The number of benzene rings is 9. The fourth-order valence-electron chi connectivity index (χ4n) is 9.17. The molecule has 0 unspecified atom stereocenters. The number of para-hydroxylation sites is 2. The first-order valence-corrected chi connectivity index (χ1v) is 20.1. The zero-order chi connectivity index (χ0) is 37.8. The molecule has 2 heterocycles. The van der Waals surface area contributed by atoms with Crippen LogP contribution in [-0.4, -0.2) is 9.36 Å². The molecule has 9 aromatic carbocycles. The number of fused-ring (bicyclic) bond motifs is 4. The van der Waals surface area contributed by atoms with Crippen molar-refractivity contribution in [2.45, 2.75) is 5.41 Å². The molecule has 4 heteroatoms. The molecule has 10 aromatic rings. The van der Waals surface area contributed by atoms with Gasteiger partial charge in [-0.1, -0.05) is 176 Å². The van der Waals surface area contributed by atoms with E-state index in [0.717, 1.165) is 49.8 Å². The maximum absolute atomic E-state index is 5.25. The van der Waals surface area contributed by atoms with E-state index < -0.39 is 5.41 Å². The van der Waals surface area contributed by atoms with Crippen LogP contribution in [0.1, 0.15) is 22.3 Å². The molecule has 0 bridgehead atoms. The summed E-state index contributed by atoms with van der Waals surface area (Å²) in [6.45, 7) is 0. The molecule has 0 aliphatic carbocycles. The summed E-state index contributed by atoms with van der Waals surface area (Å²) in [6, 6.07) is 76.5. The van der Waals surface area contributed by atoms with E-state index in [1.54, 1.807) is 0 Å². The number of anilines is 3. The van der Waals surface area contributed by atoms with E-state index in [-0.39, 0.29) is 0 Å². The molecule has 0 atom stereocenters. The summed E-state index contributed by atoms with van der Waals surface area (Å²) < 4.78 is 5.03. The normalized spacial score (nSPS) is 13.0. The first kappa shape index (κ1) is 33.2. The third kappa shape index (κ3) is 5.18.